The summed E-state index contributed by atoms with van der Waals surface area (Å²) in [6, 6.07) is 0.298. The predicted molar refractivity (Wildman–Crippen MR) is 44.9 cm³/mol. The topological polar surface area (TPSA) is 95.2 Å². The molecule has 1 heterocycles. The highest BCUT2D eigenvalue weighted by atomic mass is 16.5. The monoisotopic (exact) mass is 184 g/mol. The van der Waals surface area contributed by atoms with Crippen LogP contribution in [-0.2, 0) is 0 Å². The molecule has 0 bridgehead atoms. The van der Waals surface area contributed by atoms with Crippen LogP contribution in [0.2, 0.25) is 0 Å². The molecule has 0 aliphatic heterocycles. The minimum atomic E-state index is -0.895. The third-order valence-electron chi connectivity index (χ3n) is 1.75. The van der Waals surface area contributed by atoms with E-state index in [9.17, 15) is 4.79 Å². The van der Waals surface area contributed by atoms with Crippen molar-refractivity contribution < 1.29 is 10.0 Å². The summed E-state index contributed by atoms with van der Waals surface area (Å²) in [7, 11) is 0. The van der Waals surface area contributed by atoms with E-state index in [0.29, 0.717) is 10.8 Å². The SMILES string of the molecule is Cc1cc(C(C)N(O)C(N)=O)n[nH]1. The van der Waals surface area contributed by atoms with Gasteiger partial charge in [0.15, 0.2) is 0 Å². The third-order valence-corrected chi connectivity index (χ3v) is 1.75. The molecule has 0 fully saturated rings. The van der Waals surface area contributed by atoms with E-state index in [1.807, 2.05) is 6.92 Å². The Balaban J connectivity index is 2.78. The lowest BCUT2D eigenvalue weighted by Gasteiger charge is -2.17. The van der Waals surface area contributed by atoms with E-state index in [1.165, 1.54) is 0 Å². The third kappa shape index (κ3) is 1.97. The zero-order valence-electron chi connectivity index (χ0n) is 7.48. The van der Waals surface area contributed by atoms with Crippen molar-refractivity contribution in [1.82, 2.24) is 15.3 Å². The van der Waals surface area contributed by atoms with E-state index in [2.05, 4.69) is 10.2 Å². The maximum Gasteiger partial charge on any atom is 0.339 e. The van der Waals surface area contributed by atoms with Crippen LogP contribution in [-0.4, -0.2) is 26.5 Å². The van der Waals surface area contributed by atoms with Crippen molar-refractivity contribution in [3.8, 4) is 0 Å². The number of carbonyl (C=O) groups is 1. The first-order chi connectivity index (χ1) is 6.02. The smallest absolute Gasteiger partial charge is 0.339 e. The molecular formula is C7H12N4O2. The summed E-state index contributed by atoms with van der Waals surface area (Å²) in [5.41, 5.74) is 6.31. The normalized spacial score (nSPS) is 12.5. The molecule has 0 saturated heterocycles. The van der Waals surface area contributed by atoms with Gasteiger partial charge < -0.3 is 5.73 Å². The van der Waals surface area contributed by atoms with Gasteiger partial charge in [-0.15, -0.1) is 0 Å². The van der Waals surface area contributed by atoms with Gasteiger partial charge in [-0.1, -0.05) is 0 Å². The lowest BCUT2D eigenvalue weighted by atomic mass is 10.2. The molecule has 4 N–H and O–H groups in total. The van der Waals surface area contributed by atoms with Crippen molar-refractivity contribution in [3.05, 3.63) is 17.5 Å². The van der Waals surface area contributed by atoms with Gasteiger partial charge in [0, 0.05) is 5.69 Å². The van der Waals surface area contributed by atoms with E-state index in [4.69, 9.17) is 10.9 Å². The van der Waals surface area contributed by atoms with Crippen molar-refractivity contribution in [1.29, 1.82) is 0 Å². The van der Waals surface area contributed by atoms with Crippen LogP contribution in [0.5, 0.6) is 0 Å². The predicted octanol–water partition coefficient (Wildman–Crippen LogP) is 0.549. The van der Waals surface area contributed by atoms with Crippen LogP contribution in [0.1, 0.15) is 24.4 Å². The van der Waals surface area contributed by atoms with Crippen LogP contribution in [0.3, 0.4) is 0 Å². The molecule has 1 atom stereocenters. The second kappa shape index (κ2) is 3.44. The number of carbonyl (C=O) groups excluding carboxylic acids is 1. The zero-order chi connectivity index (χ0) is 10.0. The van der Waals surface area contributed by atoms with Crippen molar-refractivity contribution >= 4 is 6.03 Å². The molecule has 0 radical (unpaired) electrons. The first kappa shape index (κ1) is 9.53. The number of rotatable bonds is 2. The highest BCUT2D eigenvalue weighted by molar-refractivity contribution is 5.71. The molecule has 6 heteroatoms. The molecule has 1 aromatic heterocycles. The Kier molecular flexibility index (Phi) is 2.52. The fourth-order valence-electron chi connectivity index (χ4n) is 0.969. The second-order valence-corrected chi connectivity index (χ2v) is 2.83. The number of nitrogens with one attached hydrogen (secondary N) is 1. The molecule has 0 saturated carbocycles. The number of hydrogen-bond acceptors (Lipinski definition) is 3. The van der Waals surface area contributed by atoms with E-state index >= 15 is 0 Å². The van der Waals surface area contributed by atoms with Gasteiger partial charge in [0.05, 0.1) is 5.69 Å². The Morgan fingerprint density at radius 3 is 2.85 bits per heavy atom. The molecule has 72 valence electrons. The Morgan fingerprint density at radius 1 is 1.85 bits per heavy atom. The molecular weight excluding hydrogens is 172 g/mol. The molecule has 6 nitrogen and oxygen atoms in total. The number of nitrogens with two attached hydrogens (primary N) is 1. The summed E-state index contributed by atoms with van der Waals surface area (Å²) in [6.45, 7) is 3.45. The van der Waals surface area contributed by atoms with Gasteiger partial charge in [0.25, 0.3) is 0 Å². The lowest BCUT2D eigenvalue weighted by Crippen LogP contribution is -2.34. The van der Waals surface area contributed by atoms with Crippen molar-refractivity contribution in [2.45, 2.75) is 19.9 Å². The van der Waals surface area contributed by atoms with Crippen LogP contribution in [0, 0.1) is 6.92 Å². The summed E-state index contributed by atoms with van der Waals surface area (Å²) in [5.74, 6) is 0. The van der Waals surface area contributed by atoms with Crippen LogP contribution >= 0.6 is 0 Å². The van der Waals surface area contributed by atoms with Crippen LogP contribution < -0.4 is 5.73 Å². The summed E-state index contributed by atoms with van der Waals surface area (Å²) in [4.78, 5) is 10.6. The van der Waals surface area contributed by atoms with Gasteiger partial charge in [-0.3, -0.25) is 10.3 Å². The number of urea groups is 1. The molecule has 13 heavy (non-hydrogen) atoms. The number of primary amides is 1. The minimum absolute atomic E-state index is 0.440. The molecule has 1 aromatic rings. The van der Waals surface area contributed by atoms with Crippen LogP contribution in [0.4, 0.5) is 4.79 Å². The standard InChI is InChI=1S/C7H12N4O2/c1-4-3-6(10-9-4)5(2)11(13)7(8)12/h3,5,13H,1-2H3,(H2,8,12)(H,9,10). The lowest BCUT2D eigenvalue weighted by molar-refractivity contribution is -0.0721. The van der Waals surface area contributed by atoms with E-state index in [1.54, 1.807) is 13.0 Å². The minimum Gasteiger partial charge on any atom is -0.350 e. The number of aryl methyl sites for hydroxylation is 1. The molecule has 0 aliphatic carbocycles. The quantitative estimate of drug-likeness (QED) is 0.462. The number of aromatic amines is 1. The summed E-state index contributed by atoms with van der Waals surface area (Å²) in [5, 5.41) is 16.2. The fourth-order valence-corrected chi connectivity index (χ4v) is 0.969. The Labute approximate surface area is 75.3 Å². The first-order valence-corrected chi connectivity index (χ1v) is 3.82. The van der Waals surface area contributed by atoms with Gasteiger partial charge in [-0.25, -0.2) is 4.79 Å². The van der Waals surface area contributed by atoms with Crippen molar-refractivity contribution in [2.24, 2.45) is 5.73 Å². The Bertz CT molecular complexity index is 309. The largest absolute Gasteiger partial charge is 0.350 e. The number of aromatic nitrogens is 2. The van der Waals surface area contributed by atoms with Gasteiger partial charge >= 0.3 is 6.03 Å². The average Bonchev–Trinajstić information content (AvgIpc) is 2.49. The number of H-pyrrole nitrogens is 1. The number of hydroxylamine groups is 2. The van der Waals surface area contributed by atoms with Gasteiger partial charge in [0.2, 0.25) is 0 Å². The highest BCUT2D eigenvalue weighted by Crippen LogP contribution is 2.15. The van der Waals surface area contributed by atoms with Gasteiger partial charge in [0.1, 0.15) is 6.04 Å². The van der Waals surface area contributed by atoms with Crippen molar-refractivity contribution in [2.75, 3.05) is 0 Å². The molecule has 0 aliphatic rings. The summed E-state index contributed by atoms with van der Waals surface area (Å²) >= 11 is 0. The van der Waals surface area contributed by atoms with E-state index in [-0.39, 0.29) is 0 Å². The fraction of sp³-hybridized carbons (Fsp3) is 0.429. The number of hydrogen-bond donors (Lipinski definition) is 3. The van der Waals surface area contributed by atoms with E-state index < -0.39 is 12.1 Å². The summed E-state index contributed by atoms with van der Waals surface area (Å²) in [6.07, 6.45) is 0. The van der Waals surface area contributed by atoms with E-state index in [0.717, 1.165) is 5.69 Å². The van der Waals surface area contributed by atoms with Gasteiger partial charge in [-0.2, -0.15) is 10.2 Å². The van der Waals surface area contributed by atoms with Crippen LogP contribution in [0.25, 0.3) is 0 Å². The van der Waals surface area contributed by atoms with Gasteiger partial charge in [-0.05, 0) is 19.9 Å². The number of amides is 2. The Morgan fingerprint density at radius 2 is 2.46 bits per heavy atom. The molecule has 1 unspecified atom stereocenters. The molecule has 2 amide bonds. The maximum atomic E-state index is 10.6. The Hall–Kier alpha value is -1.56. The average molecular weight is 184 g/mol. The molecule has 1 rings (SSSR count). The summed E-state index contributed by atoms with van der Waals surface area (Å²) < 4.78 is 0. The van der Waals surface area contributed by atoms with Crippen LogP contribution in [0.15, 0.2) is 6.07 Å². The highest BCUT2D eigenvalue weighted by Gasteiger charge is 2.18. The van der Waals surface area contributed by atoms with Crippen molar-refractivity contribution in [3.63, 3.8) is 0 Å². The second-order valence-electron chi connectivity index (χ2n) is 2.83. The first-order valence-electron chi connectivity index (χ1n) is 3.82. The number of nitrogens with zero attached hydrogens (tertiary/aromatic N) is 2. The molecule has 0 aromatic carbocycles. The maximum absolute atomic E-state index is 10.6. The zero-order valence-corrected chi connectivity index (χ0v) is 7.48. The molecule has 0 spiro atoms.